The second kappa shape index (κ2) is 14.3. The number of fused-ring (bicyclic) bond motifs is 2. The van der Waals surface area contributed by atoms with E-state index in [1.54, 1.807) is 20.8 Å². The minimum Gasteiger partial charge on any atom is -0.445 e. The van der Waals surface area contributed by atoms with Crippen molar-refractivity contribution in [3.63, 3.8) is 0 Å². The molecule has 0 radical (unpaired) electrons. The summed E-state index contributed by atoms with van der Waals surface area (Å²) in [6, 6.07) is 16.8. The number of halogens is 3. The van der Waals surface area contributed by atoms with Crippen LogP contribution in [0.4, 0.5) is 29.2 Å². The lowest BCUT2D eigenvalue weighted by molar-refractivity contribution is 0.0635. The highest BCUT2D eigenvalue weighted by Crippen LogP contribution is 2.43. The van der Waals surface area contributed by atoms with Gasteiger partial charge in [0, 0.05) is 42.3 Å². The third-order valence-electron chi connectivity index (χ3n) is 8.08. The Kier molecular flexibility index (Phi) is 9.92. The molecule has 0 unspecified atom stereocenters. The SMILES string of the molecule is CC(C)(C)OC(=O)Nc1nc2c(-c3c(Cl)cc4c(N5CCN(C(=O)OCc6ccccc6)[C@@H](CC#N)C5)c(C#N)cnc4c3F)ccc(F)c2s1. The molecule has 11 nitrogen and oxygen atoms in total. The molecular weight excluding hydrogens is 700 g/mol. The van der Waals surface area contributed by atoms with Gasteiger partial charge in [-0.3, -0.25) is 10.3 Å². The highest BCUT2D eigenvalue weighted by Gasteiger charge is 2.34. The van der Waals surface area contributed by atoms with Crippen LogP contribution >= 0.6 is 22.9 Å². The second-order valence-electron chi connectivity index (χ2n) is 12.7. The highest BCUT2D eigenvalue weighted by molar-refractivity contribution is 7.22. The Bertz CT molecular complexity index is 2250. The minimum absolute atomic E-state index is 0.0138. The molecule has 0 bridgehead atoms. The molecule has 260 valence electrons. The lowest BCUT2D eigenvalue weighted by Gasteiger charge is -2.41. The third kappa shape index (κ3) is 7.33. The Balaban J connectivity index is 1.35. The van der Waals surface area contributed by atoms with E-state index in [1.165, 1.54) is 23.2 Å². The molecule has 6 rings (SSSR count). The number of nitrogens with zero attached hydrogens (tertiary/aromatic N) is 6. The summed E-state index contributed by atoms with van der Waals surface area (Å²) in [6.45, 7) is 5.70. The number of hydrogen-bond donors (Lipinski definition) is 1. The summed E-state index contributed by atoms with van der Waals surface area (Å²) in [5.74, 6) is -1.46. The number of aromatic nitrogens is 2. The summed E-state index contributed by atoms with van der Waals surface area (Å²) in [5.41, 5.74) is 0.540. The molecule has 1 fully saturated rings. The first-order valence-corrected chi connectivity index (χ1v) is 17.0. The number of anilines is 2. The zero-order valence-corrected chi connectivity index (χ0v) is 29.2. The number of ether oxygens (including phenoxy) is 2. The van der Waals surface area contributed by atoms with Crippen molar-refractivity contribution in [3.8, 4) is 23.3 Å². The molecule has 51 heavy (non-hydrogen) atoms. The molecule has 15 heteroatoms. The van der Waals surface area contributed by atoms with E-state index < -0.39 is 35.5 Å². The number of nitriles is 2. The average Bonchev–Trinajstić information content (AvgIpc) is 3.51. The number of thiazole rings is 1. The topological polar surface area (TPSA) is 144 Å². The maximum atomic E-state index is 16.7. The summed E-state index contributed by atoms with van der Waals surface area (Å²) < 4.78 is 42.5. The van der Waals surface area contributed by atoms with Crippen LogP contribution in [0, 0.1) is 34.3 Å². The maximum Gasteiger partial charge on any atom is 0.413 e. The molecule has 3 heterocycles. The summed E-state index contributed by atoms with van der Waals surface area (Å²) in [6.07, 6.45) is -0.121. The van der Waals surface area contributed by atoms with Crippen molar-refractivity contribution < 1.29 is 27.8 Å². The zero-order valence-electron chi connectivity index (χ0n) is 27.7. The fourth-order valence-corrected chi connectivity index (χ4v) is 7.10. The van der Waals surface area contributed by atoms with E-state index in [4.69, 9.17) is 21.1 Å². The number of carbonyl (C=O) groups is 2. The van der Waals surface area contributed by atoms with Crippen LogP contribution in [0.25, 0.3) is 32.2 Å². The lowest BCUT2D eigenvalue weighted by Crippen LogP contribution is -2.55. The van der Waals surface area contributed by atoms with Gasteiger partial charge in [0.2, 0.25) is 0 Å². The summed E-state index contributed by atoms with van der Waals surface area (Å²) in [7, 11) is 0. The minimum atomic E-state index is -0.831. The van der Waals surface area contributed by atoms with Crippen molar-refractivity contribution in [2.45, 2.75) is 45.4 Å². The van der Waals surface area contributed by atoms with Crippen LogP contribution in [0.3, 0.4) is 0 Å². The van der Waals surface area contributed by atoms with E-state index in [9.17, 15) is 24.5 Å². The van der Waals surface area contributed by atoms with Gasteiger partial charge in [-0.15, -0.1) is 0 Å². The Morgan fingerprint density at radius 1 is 1.12 bits per heavy atom. The van der Waals surface area contributed by atoms with Crippen molar-refractivity contribution in [2.24, 2.45) is 0 Å². The molecule has 1 saturated heterocycles. The first-order chi connectivity index (χ1) is 24.4. The van der Waals surface area contributed by atoms with Gasteiger partial charge in [0.25, 0.3) is 0 Å². The van der Waals surface area contributed by atoms with Crippen LogP contribution in [0.5, 0.6) is 0 Å². The zero-order chi connectivity index (χ0) is 36.4. The molecule has 0 spiro atoms. The van der Waals surface area contributed by atoms with Gasteiger partial charge in [0.1, 0.15) is 29.6 Å². The highest BCUT2D eigenvalue weighted by atomic mass is 35.5. The van der Waals surface area contributed by atoms with Crippen LogP contribution < -0.4 is 10.2 Å². The molecule has 1 aliphatic heterocycles. The first-order valence-electron chi connectivity index (χ1n) is 15.8. The Labute approximate surface area is 300 Å². The maximum absolute atomic E-state index is 16.7. The van der Waals surface area contributed by atoms with Crippen LogP contribution in [-0.2, 0) is 16.1 Å². The van der Waals surface area contributed by atoms with Gasteiger partial charge in [0.15, 0.2) is 10.9 Å². The fourth-order valence-electron chi connectivity index (χ4n) is 5.92. The number of carbonyl (C=O) groups excluding carboxylic acids is 2. The predicted molar refractivity (Wildman–Crippen MR) is 189 cm³/mol. The lowest BCUT2D eigenvalue weighted by atomic mass is 9.98. The summed E-state index contributed by atoms with van der Waals surface area (Å²) in [4.78, 5) is 37.5. The molecule has 5 aromatic rings. The molecule has 0 aliphatic carbocycles. The molecule has 2 amide bonds. The van der Waals surface area contributed by atoms with Gasteiger partial charge < -0.3 is 19.3 Å². The third-order valence-corrected chi connectivity index (χ3v) is 9.36. The molecule has 1 aliphatic rings. The van der Waals surface area contributed by atoms with Crippen molar-refractivity contribution in [2.75, 3.05) is 29.9 Å². The van der Waals surface area contributed by atoms with E-state index in [1.807, 2.05) is 35.2 Å². The number of piperazine rings is 1. The van der Waals surface area contributed by atoms with Crippen LogP contribution in [0.2, 0.25) is 5.02 Å². The monoisotopic (exact) mass is 729 g/mol. The Morgan fingerprint density at radius 3 is 2.59 bits per heavy atom. The van der Waals surface area contributed by atoms with Crippen LogP contribution in [0.1, 0.15) is 38.3 Å². The predicted octanol–water partition coefficient (Wildman–Crippen LogP) is 8.40. The summed E-state index contributed by atoms with van der Waals surface area (Å²) in [5, 5.41) is 22.4. The van der Waals surface area contributed by atoms with Gasteiger partial charge in [-0.05, 0) is 44.5 Å². The number of hydrogen-bond acceptors (Lipinski definition) is 10. The molecular formula is C36H30ClF2N7O4S. The summed E-state index contributed by atoms with van der Waals surface area (Å²) >= 11 is 7.65. The smallest absolute Gasteiger partial charge is 0.413 e. The fraction of sp³-hybridized carbons (Fsp3) is 0.278. The number of benzene rings is 3. The van der Waals surface area contributed by atoms with Crippen molar-refractivity contribution in [1.82, 2.24) is 14.9 Å². The standard InChI is InChI=1S/C36H30ClF2N7O4S/c1-36(2,3)50-34(47)44-33-43-30-23(9-10-26(38)32(30)51-33)27-25(37)15-24-29(28(27)39)42-17-21(16-41)31(24)45-13-14-46(22(18-45)11-12-40)35(48)49-19-20-7-5-4-6-8-20/h4-10,15,17,22H,11,13-14,18-19H2,1-3H3,(H,43,44,47)/t22-/m0/s1. The molecule has 3 aromatic carbocycles. The average molecular weight is 730 g/mol. The van der Waals surface area contributed by atoms with Gasteiger partial charge in [-0.25, -0.2) is 23.4 Å². The Morgan fingerprint density at radius 2 is 1.88 bits per heavy atom. The van der Waals surface area contributed by atoms with E-state index in [0.717, 1.165) is 23.0 Å². The number of rotatable bonds is 6. The molecule has 1 N–H and O–H groups in total. The number of pyridine rings is 1. The van der Waals surface area contributed by atoms with Crippen LogP contribution in [0.15, 0.2) is 54.7 Å². The van der Waals surface area contributed by atoms with Gasteiger partial charge in [-0.1, -0.05) is 53.3 Å². The quantitative estimate of drug-likeness (QED) is 0.182. The van der Waals surface area contributed by atoms with Crippen LogP contribution in [-0.4, -0.2) is 58.3 Å². The normalized spacial score (nSPS) is 14.6. The van der Waals surface area contributed by atoms with E-state index >= 15 is 4.39 Å². The van der Waals surface area contributed by atoms with Crippen molar-refractivity contribution in [1.29, 1.82) is 10.5 Å². The van der Waals surface area contributed by atoms with E-state index in [0.29, 0.717) is 5.69 Å². The van der Waals surface area contributed by atoms with E-state index in [2.05, 4.69) is 27.4 Å². The van der Waals surface area contributed by atoms with Crippen molar-refractivity contribution in [3.05, 3.63) is 82.5 Å². The van der Waals surface area contributed by atoms with Gasteiger partial charge in [-0.2, -0.15) is 10.5 Å². The largest absolute Gasteiger partial charge is 0.445 e. The second-order valence-corrected chi connectivity index (χ2v) is 14.1. The number of amides is 2. The molecule has 0 saturated carbocycles. The molecule has 1 atom stereocenters. The van der Waals surface area contributed by atoms with Crippen molar-refractivity contribution >= 4 is 67.1 Å². The van der Waals surface area contributed by atoms with E-state index in [-0.39, 0.29) is 80.6 Å². The molecule has 2 aromatic heterocycles. The number of nitrogens with one attached hydrogen (secondary N) is 1. The van der Waals surface area contributed by atoms with Gasteiger partial charge >= 0.3 is 12.2 Å². The van der Waals surface area contributed by atoms with Gasteiger partial charge in [0.05, 0.1) is 45.0 Å². The Hall–Kier alpha value is -5.57. The first kappa shape index (κ1) is 35.3.